The Kier molecular flexibility index (Phi) is 4.33. The quantitative estimate of drug-likeness (QED) is 0.772. The van der Waals surface area contributed by atoms with Crippen LogP contribution in [0.2, 0.25) is 0 Å². The molecule has 0 aliphatic heterocycles. The molecule has 2 aromatic heterocycles. The summed E-state index contributed by atoms with van der Waals surface area (Å²) in [7, 11) is 0. The summed E-state index contributed by atoms with van der Waals surface area (Å²) in [4.78, 5) is 9.54. The number of pyridine rings is 1. The van der Waals surface area contributed by atoms with Gasteiger partial charge in [-0.2, -0.15) is 0 Å². The number of fused-ring (bicyclic) bond motifs is 1. The van der Waals surface area contributed by atoms with Crippen molar-refractivity contribution < 1.29 is 0 Å². The summed E-state index contributed by atoms with van der Waals surface area (Å²) in [6.45, 7) is 10.2. The first-order valence-electron chi connectivity index (χ1n) is 8.28. The van der Waals surface area contributed by atoms with Gasteiger partial charge >= 0.3 is 0 Å². The maximum atomic E-state index is 4.80. The molecule has 1 aromatic carbocycles. The van der Waals surface area contributed by atoms with Crippen LogP contribution in [-0.4, -0.2) is 21.1 Å². The molecule has 0 unspecified atom stereocenters. The fraction of sp³-hybridized carbons (Fsp3) is 0.368. The second-order valence-electron chi connectivity index (χ2n) is 5.95. The van der Waals surface area contributed by atoms with E-state index in [0.717, 1.165) is 47.9 Å². The third kappa shape index (κ3) is 3.07. The predicted molar refractivity (Wildman–Crippen MR) is 96.1 cm³/mol. The fourth-order valence-corrected chi connectivity index (χ4v) is 3.00. The number of rotatable bonds is 5. The molecule has 3 rings (SSSR count). The van der Waals surface area contributed by atoms with E-state index in [9.17, 15) is 0 Å². The molecule has 0 saturated heterocycles. The second-order valence-corrected chi connectivity index (χ2v) is 5.95. The summed E-state index contributed by atoms with van der Waals surface area (Å²) in [5, 5.41) is 3.33. The van der Waals surface area contributed by atoms with E-state index in [-0.39, 0.29) is 0 Å². The summed E-state index contributed by atoms with van der Waals surface area (Å²) < 4.78 is 2.25. The topological polar surface area (TPSA) is 42.7 Å². The van der Waals surface area contributed by atoms with Crippen LogP contribution in [0.15, 0.2) is 30.3 Å². The van der Waals surface area contributed by atoms with Crippen molar-refractivity contribution in [3.05, 3.63) is 53.0 Å². The van der Waals surface area contributed by atoms with Crippen molar-refractivity contribution >= 4 is 16.9 Å². The molecule has 4 heteroatoms. The average Bonchev–Trinajstić information content (AvgIpc) is 2.88. The van der Waals surface area contributed by atoms with Crippen molar-refractivity contribution in [2.45, 2.75) is 40.7 Å². The minimum atomic E-state index is 0.808. The largest absolute Gasteiger partial charge is 0.385 e. The minimum Gasteiger partial charge on any atom is -0.385 e. The van der Waals surface area contributed by atoms with Crippen molar-refractivity contribution in [2.24, 2.45) is 0 Å². The highest BCUT2D eigenvalue weighted by molar-refractivity contribution is 5.76. The van der Waals surface area contributed by atoms with Crippen LogP contribution in [0.5, 0.6) is 0 Å². The molecule has 0 saturated carbocycles. The zero-order chi connectivity index (χ0) is 16.4. The molecule has 4 nitrogen and oxygen atoms in total. The Morgan fingerprint density at radius 3 is 2.43 bits per heavy atom. The number of aromatic nitrogens is 3. The highest BCUT2D eigenvalue weighted by Crippen LogP contribution is 2.21. The summed E-state index contributed by atoms with van der Waals surface area (Å²) in [6.07, 6.45) is 0.907. The van der Waals surface area contributed by atoms with Gasteiger partial charge in [0.25, 0.3) is 0 Å². The molecule has 120 valence electrons. The van der Waals surface area contributed by atoms with Crippen molar-refractivity contribution in [2.75, 3.05) is 11.9 Å². The third-order valence-electron chi connectivity index (χ3n) is 4.09. The summed E-state index contributed by atoms with van der Waals surface area (Å²) in [5.74, 6) is 1.09. The molecular weight excluding hydrogens is 284 g/mol. The van der Waals surface area contributed by atoms with Gasteiger partial charge in [-0.1, -0.05) is 19.1 Å². The summed E-state index contributed by atoms with van der Waals surface area (Å²) in [5.41, 5.74) is 6.69. The number of nitrogens with one attached hydrogen (secondary N) is 1. The molecule has 0 aliphatic carbocycles. The highest BCUT2D eigenvalue weighted by Gasteiger charge is 2.13. The molecule has 0 spiro atoms. The van der Waals surface area contributed by atoms with E-state index in [1.165, 1.54) is 11.1 Å². The van der Waals surface area contributed by atoms with Gasteiger partial charge in [-0.05, 0) is 50.1 Å². The summed E-state index contributed by atoms with van der Waals surface area (Å²) >= 11 is 0. The molecule has 0 bridgehead atoms. The van der Waals surface area contributed by atoms with Crippen LogP contribution < -0.4 is 5.32 Å². The number of benzene rings is 1. The Morgan fingerprint density at radius 1 is 1.04 bits per heavy atom. The van der Waals surface area contributed by atoms with E-state index < -0.39 is 0 Å². The molecule has 0 radical (unpaired) electrons. The van der Waals surface area contributed by atoms with Gasteiger partial charge in [0, 0.05) is 24.3 Å². The van der Waals surface area contributed by atoms with Crippen LogP contribution in [0.1, 0.15) is 36.5 Å². The number of anilines is 1. The van der Waals surface area contributed by atoms with E-state index >= 15 is 0 Å². The Hall–Kier alpha value is -2.36. The second kappa shape index (κ2) is 6.41. The third-order valence-corrected chi connectivity index (χ3v) is 4.09. The fourth-order valence-electron chi connectivity index (χ4n) is 3.00. The zero-order valence-electron chi connectivity index (χ0n) is 14.3. The zero-order valence-corrected chi connectivity index (χ0v) is 14.3. The molecule has 0 aliphatic rings. The van der Waals surface area contributed by atoms with Crippen molar-refractivity contribution in [3.8, 4) is 0 Å². The van der Waals surface area contributed by atoms with Crippen LogP contribution in [0.25, 0.3) is 11.2 Å². The maximum absolute atomic E-state index is 4.80. The van der Waals surface area contributed by atoms with Crippen molar-refractivity contribution in [3.63, 3.8) is 0 Å². The van der Waals surface area contributed by atoms with Crippen LogP contribution in [0.3, 0.4) is 0 Å². The molecule has 23 heavy (non-hydrogen) atoms. The van der Waals surface area contributed by atoms with Crippen LogP contribution in [0.4, 0.5) is 5.69 Å². The van der Waals surface area contributed by atoms with E-state index in [2.05, 4.69) is 61.0 Å². The first-order chi connectivity index (χ1) is 11.1. The molecule has 2 heterocycles. The predicted octanol–water partition coefficient (Wildman–Crippen LogP) is 4.09. The van der Waals surface area contributed by atoms with Gasteiger partial charge in [0.05, 0.1) is 6.54 Å². The Labute approximate surface area is 137 Å². The molecule has 0 atom stereocenters. The smallest absolute Gasteiger partial charge is 0.160 e. The molecule has 0 fully saturated rings. The molecule has 3 aromatic rings. The number of hydrogen-bond donors (Lipinski definition) is 1. The van der Waals surface area contributed by atoms with Crippen molar-refractivity contribution in [1.82, 2.24) is 14.5 Å². The van der Waals surface area contributed by atoms with Crippen molar-refractivity contribution in [1.29, 1.82) is 0 Å². The van der Waals surface area contributed by atoms with Gasteiger partial charge in [-0.3, -0.25) is 0 Å². The minimum absolute atomic E-state index is 0.808. The van der Waals surface area contributed by atoms with Gasteiger partial charge in [-0.25, -0.2) is 9.97 Å². The maximum Gasteiger partial charge on any atom is 0.160 e. The molecule has 1 N–H and O–H groups in total. The van der Waals surface area contributed by atoms with Gasteiger partial charge in [0.1, 0.15) is 11.3 Å². The van der Waals surface area contributed by atoms with Crippen LogP contribution in [-0.2, 0) is 13.0 Å². The van der Waals surface area contributed by atoms with E-state index in [1.807, 2.05) is 6.92 Å². The lowest BCUT2D eigenvalue weighted by molar-refractivity contribution is 0.745. The van der Waals surface area contributed by atoms with E-state index in [1.54, 1.807) is 0 Å². The van der Waals surface area contributed by atoms with Gasteiger partial charge < -0.3 is 9.88 Å². The number of nitrogens with zero attached hydrogens (tertiary/aromatic N) is 3. The SMILES string of the molecule is CCNc1ccc(Cn2c(CC)nc3c(C)cc(C)nc32)cc1. The first kappa shape index (κ1) is 15.5. The monoisotopic (exact) mass is 308 g/mol. The van der Waals surface area contributed by atoms with Gasteiger partial charge in [0.2, 0.25) is 0 Å². The first-order valence-corrected chi connectivity index (χ1v) is 8.28. The lowest BCUT2D eigenvalue weighted by Gasteiger charge is -2.10. The number of hydrogen-bond acceptors (Lipinski definition) is 3. The normalized spacial score (nSPS) is 11.1. The lowest BCUT2D eigenvalue weighted by atomic mass is 10.2. The van der Waals surface area contributed by atoms with Crippen LogP contribution in [0, 0.1) is 13.8 Å². The van der Waals surface area contributed by atoms with Gasteiger partial charge in [0.15, 0.2) is 5.65 Å². The van der Waals surface area contributed by atoms with E-state index in [4.69, 9.17) is 9.97 Å². The number of imidazole rings is 1. The Morgan fingerprint density at radius 2 is 1.78 bits per heavy atom. The lowest BCUT2D eigenvalue weighted by Crippen LogP contribution is -2.06. The van der Waals surface area contributed by atoms with Gasteiger partial charge in [-0.15, -0.1) is 0 Å². The van der Waals surface area contributed by atoms with E-state index in [0.29, 0.717) is 0 Å². The highest BCUT2D eigenvalue weighted by atomic mass is 15.1. The Balaban J connectivity index is 2.01. The van der Waals surface area contributed by atoms with Crippen LogP contribution >= 0.6 is 0 Å². The average molecular weight is 308 g/mol. The summed E-state index contributed by atoms with van der Waals surface area (Å²) in [6, 6.07) is 10.7. The standard InChI is InChI=1S/C19H24N4/c1-5-17-22-18-13(3)11-14(4)21-19(18)23(17)12-15-7-9-16(10-8-15)20-6-2/h7-11,20H,5-6,12H2,1-4H3. The molecule has 0 amide bonds. The number of aryl methyl sites for hydroxylation is 3. The molecular formula is C19H24N4. The Bertz CT molecular complexity index is 815.